The van der Waals surface area contributed by atoms with Crippen molar-refractivity contribution in [2.24, 2.45) is 0 Å². The van der Waals surface area contributed by atoms with Gasteiger partial charge in [0.1, 0.15) is 11.6 Å². The van der Waals surface area contributed by atoms with E-state index in [0.717, 1.165) is 18.4 Å². The van der Waals surface area contributed by atoms with Gasteiger partial charge in [-0.15, -0.1) is 0 Å². The Morgan fingerprint density at radius 2 is 1.68 bits per heavy atom. The first-order chi connectivity index (χ1) is 14.8. The second-order valence-electron chi connectivity index (χ2n) is 7.97. The lowest BCUT2D eigenvalue weighted by molar-refractivity contribution is 0.475. The largest absolute Gasteiger partial charge is 0.508 e. The molecule has 1 aliphatic rings. The van der Waals surface area contributed by atoms with Crippen LogP contribution in [0.2, 0.25) is 0 Å². The molecule has 2 heterocycles. The lowest BCUT2D eigenvalue weighted by Gasteiger charge is -2.12. The highest BCUT2D eigenvalue weighted by atomic mass is 32.2. The van der Waals surface area contributed by atoms with Crippen molar-refractivity contribution in [3.8, 4) is 17.1 Å². The third-order valence-corrected chi connectivity index (χ3v) is 7.20. The molecule has 5 rings (SSSR count). The van der Waals surface area contributed by atoms with E-state index in [2.05, 4.69) is 15.3 Å². The van der Waals surface area contributed by atoms with E-state index in [4.69, 9.17) is 0 Å². The minimum atomic E-state index is -3.85. The van der Waals surface area contributed by atoms with Gasteiger partial charge in [0.2, 0.25) is 0 Å². The normalized spacial score (nSPS) is 14.1. The quantitative estimate of drug-likeness (QED) is 0.488. The number of phenols is 1. The van der Waals surface area contributed by atoms with E-state index < -0.39 is 10.0 Å². The van der Waals surface area contributed by atoms with Gasteiger partial charge in [-0.05, 0) is 69.2 Å². The molecule has 0 spiro atoms. The monoisotopic (exact) mass is 434 g/mol. The number of phenolic OH excluding ortho intramolecular Hbond substituents is 1. The smallest absolute Gasteiger partial charge is 0.269 e. The maximum absolute atomic E-state index is 13.5. The SMILES string of the molecule is Cc1ccc(S(=O)(=O)n2c(C)cc3c(NC4CC4)nc(-c4ccc(O)cc4)nc32)cc1. The Kier molecular flexibility index (Phi) is 4.48. The standard InChI is InChI=1S/C23H22N4O3S/c1-14-3-11-19(12-4-14)31(29,30)27-15(2)13-20-22(24-17-7-8-17)25-21(26-23(20)27)16-5-9-18(28)10-6-16/h3-6,9-13,17,28H,7-8H2,1-2H3,(H,24,25,26). The van der Waals surface area contributed by atoms with Crippen LogP contribution >= 0.6 is 0 Å². The summed E-state index contributed by atoms with van der Waals surface area (Å²) in [4.78, 5) is 9.54. The Morgan fingerprint density at radius 1 is 1.00 bits per heavy atom. The Hall–Kier alpha value is -3.39. The molecule has 8 heteroatoms. The fourth-order valence-corrected chi connectivity index (χ4v) is 5.06. The minimum absolute atomic E-state index is 0.141. The van der Waals surface area contributed by atoms with Gasteiger partial charge in [0, 0.05) is 17.3 Å². The van der Waals surface area contributed by atoms with E-state index in [0.29, 0.717) is 40.0 Å². The van der Waals surface area contributed by atoms with Gasteiger partial charge in [0.15, 0.2) is 11.5 Å². The van der Waals surface area contributed by atoms with Crippen molar-refractivity contribution < 1.29 is 13.5 Å². The first-order valence-corrected chi connectivity index (χ1v) is 11.6. The lowest BCUT2D eigenvalue weighted by atomic mass is 10.2. The second-order valence-corrected chi connectivity index (χ2v) is 9.75. The van der Waals surface area contributed by atoms with Crippen LogP contribution in [0, 0.1) is 13.8 Å². The van der Waals surface area contributed by atoms with Crippen LogP contribution in [0.25, 0.3) is 22.4 Å². The van der Waals surface area contributed by atoms with E-state index in [1.165, 1.54) is 3.97 Å². The predicted octanol–water partition coefficient (Wildman–Crippen LogP) is 4.23. The van der Waals surface area contributed by atoms with Crippen LogP contribution < -0.4 is 5.32 Å². The molecule has 0 atom stereocenters. The Labute approximate surface area is 180 Å². The molecular formula is C23H22N4O3S. The van der Waals surface area contributed by atoms with Gasteiger partial charge in [-0.3, -0.25) is 0 Å². The fourth-order valence-electron chi connectivity index (χ4n) is 3.57. The molecule has 2 aromatic heterocycles. The van der Waals surface area contributed by atoms with Crippen molar-refractivity contribution in [3.05, 3.63) is 65.9 Å². The van der Waals surface area contributed by atoms with Crippen LogP contribution in [0.5, 0.6) is 5.75 Å². The fraction of sp³-hybridized carbons (Fsp3) is 0.217. The zero-order chi connectivity index (χ0) is 21.8. The number of fused-ring (bicyclic) bond motifs is 1. The van der Waals surface area contributed by atoms with Gasteiger partial charge in [-0.1, -0.05) is 17.7 Å². The number of nitrogens with zero attached hydrogens (tertiary/aromatic N) is 3. The molecule has 31 heavy (non-hydrogen) atoms. The molecule has 1 saturated carbocycles. The predicted molar refractivity (Wildman–Crippen MR) is 120 cm³/mol. The molecular weight excluding hydrogens is 412 g/mol. The van der Waals surface area contributed by atoms with Crippen molar-refractivity contribution in [3.63, 3.8) is 0 Å². The van der Waals surface area contributed by atoms with Crippen molar-refractivity contribution in [1.82, 2.24) is 13.9 Å². The Bertz CT molecular complexity index is 1390. The summed E-state index contributed by atoms with van der Waals surface area (Å²) in [6.45, 7) is 3.67. The van der Waals surface area contributed by atoms with Crippen LogP contribution in [0.3, 0.4) is 0 Å². The van der Waals surface area contributed by atoms with Crippen molar-refractivity contribution in [2.45, 2.75) is 37.6 Å². The first kappa shape index (κ1) is 19.6. The molecule has 0 radical (unpaired) electrons. The molecule has 2 aromatic carbocycles. The number of aromatic nitrogens is 3. The summed E-state index contributed by atoms with van der Waals surface area (Å²) in [7, 11) is -3.85. The number of rotatable bonds is 5. The maximum Gasteiger partial charge on any atom is 0.269 e. The number of benzene rings is 2. The summed E-state index contributed by atoms with van der Waals surface area (Å²) in [6.07, 6.45) is 2.11. The molecule has 158 valence electrons. The number of aromatic hydroxyl groups is 1. The highest BCUT2D eigenvalue weighted by molar-refractivity contribution is 7.90. The van der Waals surface area contributed by atoms with E-state index in [1.807, 2.05) is 13.0 Å². The second kappa shape index (κ2) is 7.09. The number of anilines is 1. The summed E-state index contributed by atoms with van der Waals surface area (Å²) >= 11 is 0. The molecule has 1 aliphatic carbocycles. The lowest BCUT2D eigenvalue weighted by Crippen LogP contribution is -2.15. The molecule has 0 aliphatic heterocycles. The van der Waals surface area contributed by atoms with Gasteiger partial charge < -0.3 is 10.4 Å². The molecule has 2 N–H and O–H groups in total. The average molecular weight is 435 g/mol. The van der Waals surface area contributed by atoms with Crippen LogP contribution in [-0.4, -0.2) is 33.5 Å². The van der Waals surface area contributed by atoms with Gasteiger partial charge in [0.05, 0.1) is 10.3 Å². The minimum Gasteiger partial charge on any atom is -0.508 e. The number of hydrogen-bond donors (Lipinski definition) is 2. The highest BCUT2D eigenvalue weighted by Crippen LogP contribution is 2.33. The average Bonchev–Trinajstić information content (AvgIpc) is 3.48. The maximum atomic E-state index is 13.5. The van der Waals surface area contributed by atoms with E-state index >= 15 is 0 Å². The summed E-state index contributed by atoms with van der Waals surface area (Å²) in [5.41, 5.74) is 2.57. The van der Waals surface area contributed by atoms with Crippen molar-refractivity contribution >= 4 is 26.9 Å². The molecule has 0 unspecified atom stereocenters. The summed E-state index contributed by atoms with van der Waals surface area (Å²) in [5.74, 6) is 1.16. The van der Waals surface area contributed by atoms with E-state index in [9.17, 15) is 13.5 Å². The molecule has 0 bridgehead atoms. The van der Waals surface area contributed by atoms with E-state index in [-0.39, 0.29) is 10.6 Å². The zero-order valence-corrected chi connectivity index (χ0v) is 18.0. The number of aryl methyl sites for hydroxylation is 2. The first-order valence-electron chi connectivity index (χ1n) is 10.1. The Morgan fingerprint density at radius 3 is 2.32 bits per heavy atom. The Balaban J connectivity index is 1.75. The topological polar surface area (TPSA) is 97.1 Å². The van der Waals surface area contributed by atoms with Crippen LogP contribution in [0.4, 0.5) is 5.82 Å². The van der Waals surface area contributed by atoms with Crippen LogP contribution in [0.15, 0.2) is 59.5 Å². The molecule has 0 amide bonds. The van der Waals surface area contributed by atoms with Crippen molar-refractivity contribution in [1.29, 1.82) is 0 Å². The molecule has 0 saturated heterocycles. The number of nitrogens with one attached hydrogen (secondary N) is 1. The highest BCUT2D eigenvalue weighted by Gasteiger charge is 2.27. The summed E-state index contributed by atoms with van der Waals surface area (Å²) in [6, 6.07) is 15.5. The zero-order valence-electron chi connectivity index (χ0n) is 17.2. The van der Waals surface area contributed by atoms with Crippen LogP contribution in [-0.2, 0) is 10.0 Å². The molecule has 4 aromatic rings. The summed E-state index contributed by atoms with van der Waals surface area (Å²) < 4.78 is 28.3. The van der Waals surface area contributed by atoms with E-state index in [1.54, 1.807) is 55.5 Å². The van der Waals surface area contributed by atoms with Crippen molar-refractivity contribution in [2.75, 3.05) is 5.32 Å². The molecule has 7 nitrogen and oxygen atoms in total. The summed E-state index contributed by atoms with van der Waals surface area (Å²) in [5, 5.41) is 13.7. The van der Waals surface area contributed by atoms with Gasteiger partial charge in [-0.2, -0.15) is 0 Å². The van der Waals surface area contributed by atoms with Gasteiger partial charge in [0.25, 0.3) is 10.0 Å². The third kappa shape index (κ3) is 3.53. The third-order valence-electron chi connectivity index (χ3n) is 5.39. The van der Waals surface area contributed by atoms with Gasteiger partial charge >= 0.3 is 0 Å². The number of hydrogen-bond acceptors (Lipinski definition) is 6. The van der Waals surface area contributed by atoms with Crippen LogP contribution in [0.1, 0.15) is 24.1 Å². The van der Waals surface area contributed by atoms with Gasteiger partial charge in [-0.25, -0.2) is 22.4 Å². The molecule has 1 fully saturated rings.